The van der Waals surface area contributed by atoms with E-state index in [1.807, 2.05) is 0 Å². The maximum atomic E-state index is 13.4. The van der Waals surface area contributed by atoms with Gasteiger partial charge in [0.15, 0.2) is 12.3 Å². The molecule has 9 heteroatoms. The van der Waals surface area contributed by atoms with Crippen molar-refractivity contribution in [1.29, 1.82) is 0 Å². The first kappa shape index (κ1) is 18.5. The molecular formula is C17H21F3N4O2. The molecule has 1 aliphatic rings. The van der Waals surface area contributed by atoms with Crippen LogP contribution in [0.4, 0.5) is 13.2 Å². The first-order valence-corrected chi connectivity index (χ1v) is 8.59. The van der Waals surface area contributed by atoms with Crippen LogP contribution < -0.4 is 4.74 Å². The summed E-state index contributed by atoms with van der Waals surface area (Å²) in [6.45, 7) is 2.49. The monoisotopic (exact) mass is 370 g/mol. The van der Waals surface area contributed by atoms with Crippen LogP contribution >= 0.6 is 0 Å². The van der Waals surface area contributed by atoms with Crippen molar-refractivity contribution in [2.45, 2.75) is 38.8 Å². The van der Waals surface area contributed by atoms with Gasteiger partial charge in [0.2, 0.25) is 5.88 Å². The van der Waals surface area contributed by atoms with Gasteiger partial charge in [0.1, 0.15) is 0 Å². The van der Waals surface area contributed by atoms with Crippen molar-refractivity contribution in [3.63, 3.8) is 0 Å². The van der Waals surface area contributed by atoms with Crippen molar-refractivity contribution in [1.82, 2.24) is 19.7 Å². The van der Waals surface area contributed by atoms with Crippen LogP contribution in [0.5, 0.6) is 5.88 Å². The number of carbonyl (C=O) groups excluding carboxylic acids is 1. The lowest BCUT2D eigenvalue weighted by Gasteiger charge is -2.20. The summed E-state index contributed by atoms with van der Waals surface area (Å²) in [5.41, 5.74) is -0.533. The number of hydrogen-bond donors (Lipinski definition) is 0. The molecule has 0 bridgehead atoms. The van der Waals surface area contributed by atoms with Crippen LogP contribution in [0.2, 0.25) is 0 Å². The first-order valence-electron chi connectivity index (χ1n) is 8.59. The maximum absolute atomic E-state index is 13.4. The number of ether oxygens (including phenoxy) is 1. The average Bonchev–Trinajstić information content (AvgIpc) is 2.78. The lowest BCUT2D eigenvalue weighted by atomic mass is 10.1. The molecule has 142 valence electrons. The van der Waals surface area contributed by atoms with Crippen molar-refractivity contribution >= 4 is 16.9 Å². The van der Waals surface area contributed by atoms with Gasteiger partial charge in [-0.1, -0.05) is 12.8 Å². The number of amides is 1. The van der Waals surface area contributed by atoms with Crippen molar-refractivity contribution in [3.05, 3.63) is 17.3 Å². The van der Waals surface area contributed by atoms with Crippen molar-refractivity contribution in [3.8, 4) is 5.88 Å². The molecule has 0 unspecified atom stereocenters. The van der Waals surface area contributed by atoms with Gasteiger partial charge in [-0.3, -0.25) is 9.48 Å². The number of aryl methyl sites for hydroxylation is 2. The standard InChI is InChI=1S/C17H21F3N4O2/c1-11-15-12(17(18,19)20)9-13(21-16(15)23(2)22-11)26-10-14(25)24-7-5-3-4-6-8-24/h9H,3-8,10H2,1-2H3. The summed E-state index contributed by atoms with van der Waals surface area (Å²) in [4.78, 5) is 18.1. The number of hydrogen-bond acceptors (Lipinski definition) is 4. The zero-order valence-corrected chi connectivity index (χ0v) is 14.8. The van der Waals surface area contributed by atoms with E-state index < -0.39 is 11.7 Å². The Bertz CT molecular complexity index is 808. The lowest BCUT2D eigenvalue weighted by molar-refractivity contribution is -0.136. The minimum Gasteiger partial charge on any atom is -0.467 e. The fourth-order valence-corrected chi connectivity index (χ4v) is 3.27. The summed E-state index contributed by atoms with van der Waals surface area (Å²) in [5.74, 6) is -0.459. The number of likely N-dealkylation sites (tertiary alicyclic amines) is 1. The van der Waals surface area contributed by atoms with E-state index in [0.29, 0.717) is 13.1 Å². The summed E-state index contributed by atoms with van der Waals surface area (Å²) < 4.78 is 46.9. The Morgan fingerprint density at radius 2 is 1.88 bits per heavy atom. The molecule has 26 heavy (non-hydrogen) atoms. The molecule has 0 saturated carbocycles. The number of nitrogens with zero attached hydrogens (tertiary/aromatic N) is 4. The van der Waals surface area contributed by atoms with E-state index in [0.717, 1.165) is 31.7 Å². The van der Waals surface area contributed by atoms with E-state index in [9.17, 15) is 18.0 Å². The van der Waals surface area contributed by atoms with E-state index in [-0.39, 0.29) is 35.1 Å². The molecule has 2 aromatic rings. The Morgan fingerprint density at radius 1 is 1.23 bits per heavy atom. The molecule has 3 heterocycles. The normalized spacial score (nSPS) is 16.0. The van der Waals surface area contributed by atoms with E-state index in [1.54, 1.807) is 4.90 Å². The number of alkyl halides is 3. The Hall–Kier alpha value is -2.32. The molecule has 2 aromatic heterocycles. The molecular weight excluding hydrogens is 349 g/mol. The quantitative estimate of drug-likeness (QED) is 0.833. The Labute approximate surface area is 148 Å². The molecule has 0 aliphatic carbocycles. The topological polar surface area (TPSA) is 60.2 Å². The molecule has 1 aliphatic heterocycles. The molecule has 1 amide bonds. The van der Waals surface area contributed by atoms with Gasteiger partial charge < -0.3 is 9.64 Å². The highest BCUT2D eigenvalue weighted by atomic mass is 19.4. The molecule has 0 aromatic carbocycles. The van der Waals surface area contributed by atoms with Gasteiger partial charge in [-0.15, -0.1) is 0 Å². The van der Waals surface area contributed by atoms with Gasteiger partial charge in [0.05, 0.1) is 16.6 Å². The zero-order valence-electron chi connectivity index (χ0n) is 14.8. The summed E-state index contributed by atoms with van der Waals surface area (Å²) in [6, 6.07) is 0.840. The predicted molar refractivity (Wildman–Crippen MR) is 88.8 cm³/mol. The highest BCUT2D eigenvalue weighted by Crippen LogP contribution is 2.37. The summed E-state index contributed by atoms with van der Waals surface area (Å²) >= 11 is 0. The number of rotatable bonds is 3. The second-order valence-electron chi connectivity index (χ2n) is 6.50. The smallest absolute Gasteiger partial charge is 0.417 e. The van der Waals surface area contributed by atoms with E-state index >= 15 is 0 Å². The molecule has 0 N–H and O–H groups in total. The van der Waals surface area contributed by atoms with Crippen molar-refractivity contribution < 1.29 is 22.7 Å². The van der Waals surface area contributed by atoms with E-state index in [2.05, 4.69) is 10.1 Å². The fourth-order valence-electron chi connectivity index (χ4n) is 3.27. The lowest BCUT2D eigenvalue weighted by Crippen LogP contribution is -2.35. The second-order valence-corrected chi connectivity index (χ2v) is 6.50. The van der Waals surface area contributed by atoms with E-state index in [4.69, 9.17) is 4.74 Å². The van der Waals surface area contributed by atoms with Gasteiger partial charge in [0.25, 0.3) is 5.91 Å². The summed E-state index contributed by atoms with van der Waals surface area (Å²) in [5, 5.41) is 3.96. The predicted octanol–water partition coefficient (Wildman–Crippen LogP) is 3.08. The Balaban J connectivity index is 1.84. The van der Waals surface area contributed by atoms with Gasteiger partial charge in [-0.25, -0.2) is 0 Å². The summed E-state index contributed by atoms with van der Waals surface area (Å²) in [6.07, 6.45) is -0.540. The SMILES string of the molecule is Cc1nn(C)c2nc(OCC(=O)N3CCCCCC3)cc(C(F)(F)F)c12. The van der Waals surface area contributed by atoms with Crippen LogP contribution in [0.25, 0.3) is 11.0 Å². The molecule has 0 radical (unpaired) electrons. The Kier molecular flexibility index (Phi) is 5.06. The van der Waals surface area contributed by atoms with Crippen LogP contribution in [-0.4, -0.2) is 45.3 Å². The van der Waals surface area contributed by atoms with Crippen LogP contribution in [0.1, 0.15) is 36.9 Å². The van der Waals surface area contributed by atoms with Crippen LogP contribution in [0.15, 0.2) is 6.07 Å². The zero-order chi connectivity index (χ0) is 18.9. The first-order chi connectivity index (χ1) is 12.3. The van der Waals surface area contributed by atoms with Crippen molar-refractivity contribution in [2.75, 3.05) is 19.7 Å². The molecule has 1 fully saturated rings. The fraction of sp³-hybridized carbons (Fsp3) is 0.588. The van der Waals surface area contributed by atoms with Crippen molar-refractivity contribution in [2.24, 2.45) is 7.05 Å². The largest absolute Gasteiger partial charge is 0.467 e. The van der Waals surface area contributed by atoms with Gasteiger partial charge in [0, 0.05) is 26.2 Å². The summed E-state index contributed by atoms with van der Waals surface area (Å²) in [7, 11) is 1.52. The molecule has 0 spiro atoms. The Morgan fingerprint density at radius 3 is 2.50 bits per heavy atom. The minimum absolute atomic E-state index is 0.0498. The highest BCUT2D eigenvalue weighted by molar-refractivity contribution is 5.83. The van der Waals surface area contributed by atoms with Gasteiger partial charge in [-0.05, 0) is 19.8 Å². The number of halogens is 3. The van der Waals surface area contributed by atoms with E-state index in [1.165, 1.54) is 18.7 Å². The molecule has 3 rings (SSSR count). The second kappa shape index (κ2) is 7.13. The minimum atomic E-state index is -4.57. The van der Waals surface area contributed by atoms with Crippen LogP contribution in [-0.2, 0) is 18.0 Å². The number of carbonyl (C=O) groups is 1. The number of fused-ring (bicyclic) bond motifs is 1. The molecule has 1 saturated heterocycles. The average molecular weight is 370 g/mol. The maximum Gasteiger partial charge on any atom is 0.417 e. The molecule has 0 atom stereocenters. The van der Waals surface area contributed by atoms with Crippen LogP contribution in [0, 0.1) is 6.92 Å². The third-order valence-electron chi connectivity index (χ3n) is 4.55. The number of aromatic nitrogens is 3. The van der Waals surface area contributed by atoms with Gasteiger partial charge >= 0.3 is 6.18 Å². The third-order valence-corrected chi connectivity index (χ3v) is 4.55. The van der Waals surface area contributed by atoms with Crippen LogP contribution in [0.3, 0.4) is 0 Å². The number of pyridine rings is 1. The molecule has 6 nitrogen and oxygen atoms in total. The highest BCUT2D eigenvalue weighted by Gasteiger charge is 2.35. The third kappa shape index (κ3) is 3.76. The van der Waals surface area contributed by atoms with Gasteiger partial charge in [-0.2, -0.15) is 23.3 Å².